The van der Waals surface area contributed by atoms with Gasteiger partial charge in [0.05, 0.1) is 18.3 Å². The van der Waals surface area contributed by atoms with E-state index >= 15 is 4.39 Å². The second-order valence-corrected chi connectivity index (χ2v) is 12.9. The van der Waals surface area contributed by atoms with Crippen molar-refractivity contribution in [1.29, 1.82) is 0 Å². The highest BCUT2D eigenvalue weighted by Gasteiger charge is 2.75. The Morgan fingerprint density at radius 3 is 2.56 bits per heavy atom. The molecule has 0 aromatic rings. The van der Waals surface area contributed by atoms with Crippen molar-refractivity contribution >= 4 is 27.7 Å². The monoisotopic (exact) mass is 528 g/mol. The quantitative estimate of drug-likeness (QED) is 0.345. The highest BCUT2D eigenvalue weighted by Crippen LogP contribution is 2.70. The summed E-state index contributed by atoms with van der Waals surface area (Å²) in [5, 5.41) is 23.1. The van der Waals surface area contributed by atoms with Crippen LogP contribution in [-0.4, -0.2) is 70.5 Å². The van der Waals surface area contributed by atoms with Gasteiger partial charge < -0.3 is 14.9 Å². The van der Waals surface area contributed by atoms with Gasteiger partial charge in [0.15, 0.2) is 18.1 Å². The number of rotatable bonds is 6. The molecule has 0 spiro atoms. The van der Waals surface area contributed by atoms with Gasteiger partial charge in [0, 0.05) is 16.7 Å². The van der Waals surface area contributed by atoms with Gasteiger partial charge in [0.2, 0.25) is 5.78 Å². The lowest BCUT2D eigenvalue weighted by molar-refractivity contribution is -0.220. The van der Waals surface area contributed by atoms with Crippen molar-refractivity contribution in [1.82, 2.24) is 0 Å². The minimum Gasteiger partial charge on any atom is -0.458 e. The van der Waals surface area contributed by atoms with Gasteiger partial charge in [-0.1, -0.05) is 25.5 Å². The van der Waals surface area contributed by atoms with Gasteiger partial charge in [-0.2, -0.15) is 8.42 Å². The van der Waals surface area contributed by atoms with Crippen molar-refractivity contribution in [2.24, 2.45) is 28.6 Å². The molecule has 36 heavy (non-hydrogen) atoms. The normalized spacial score (nSPS) is 43.8. The number of allylic oxidation sites excluding steroid dienone is 4. The third-order valence-electron chi connectivity index (χ3n) is 9.58. The molecule has 3 saturated carbocycles. The second kappa shape index (κ2) is 8.54. The SMILES string of the molecule is C[C@@H]1CC2C3CCC4=CC(=O)C=C[C@]4(C)[C@@]3(F)[C@@H](O)C[C@]2(C)[C@@]1(O)C(=O)COC(=O)CCS(=O)(=O)O. The van der Waals surface area contributed by atoms with Crippen molar-refractivity contribution < 1.29 is 46.7 Å². The zero-order chi connectivity index (χ0) is 26.9. The van der Waals surface area contributed by atoms with Crippen LogP contribution in [-0.2, 0) is 29.2 Å². The van der Waals surface area contributed by atoms with E-state index in [1.165, 1.54) is 18.2 Å². The highest BCUT2D eigenvalue weighted by atomic mass is 32.2. The molecule has 0 aromatic carbocycles. The summed E-state index contributed by atoms with van der Waals surface area (Å²) in [6.07, 6.45) is 3.01. The second-order valence-electron chi connectivity index (χ2n) is 11.3. The molecule has 9 nitrogen and oxygen atoms in total. The molecule has 0 aliphatic heterocycles. The van der Waals surface area contributed by atoms with E-state index in [2.05, 4.69) is 0 Å². The molecular weight excluding hydrogens is 495 g/mol. The Morgan fingerprint density at radius 1 is 1.25 bits per heavy atom. The zero-order valence-electron chi connectivity index (χ0n) is 20.6. The summed E-state index contributed by atoms with van der Waals surface area (Å²) in [4.78, 5) is 37.1. The molecule has 8 atom stereocenters. The van der Waals surface area contributed by atoms with E-state index in [9.17, 15) is 33.0 Å². The number of fused-ring (bicyclic) bond motifs is 5. The first-order valence-electron chi connectivity index (χ1n) is 12.2. The van der Waals surface area contributed by atoms with E-state index in [-0.39, 0.29) is 12.2 Å². The van der Waals surface area contributed by atoms with Crippen LogP contribution in [0.4, 0.5) is 4.39 Å². The van der Waals surface area contributed by atoms with Crippen LogP contribution in [0.2, 0.25) is 0 Å². The minimum atomic E-state index is -4.39. The van der Waals surface area contributed by atoms with Gasteiger partial charge in [-0.3, -0.25) is 18.9 Å². The summed E-state index contributed by atoms with van der Waals surface area (Å²) in [7, 11) is -4.39. The first-order chi connectivity index (χ1) is 16.5. The lowest BCUT2D eigenvalue weighted by Gasteiger charge is -2.62. The molecule has 11 heteroatoms. The molecule has 3 fully saturated rings. The van der Waals surface area contributed by atoms with Gasteiger partial charge in [-0.25, -0.2) is 4.39 Å². The molecule has 0 bridgehead atoms. The Morgan fingerprint density at radius 2 is 1.92 bits per heavy atom. The maximum Gasteiger partial charge on any atom is 0.307 e. The fourth-order valence-corrected chi connectivity index (χ4v) is 8.11. The van der Waals surface area contributed by atoms with Gasteiger partial charge in [0.1, 0.15) is 5.60 Å². The van der Waals surface area contributed by atoms with E-state index in [0.29, 0.717) is 24.8 Å². The molecule has 2 unspecified atom stereocenters. The Kier molecular flexibility index (Phi) is 6.43. The van der Waals surface area contributed by atoms with E-state index in [0.717, 1.165) is 0 Å². The lowest BCUT2D eigenvalue weighted by Crippen LogP contribution is -2.69. The molecule has 3 N–H and O–H groups in total. The summed E-state index contributed by atoms with van der Waals surface area (Å²) in [5.74, 6) is -4.68. The van der Waals surface area contributed by atoms with Crippen molar-refractivity contribution in [3.63, 3.8) is 0 Å². The predicted molar refractivity (Wildman–Crippen MR) is 125 cm³/mol. The van der Waals surface area contributed by atoms with Crippen LogP contribution in [0.25, 0.3) is 0 Å². The average Bonchev–Trinajstić information content (AvgIpc) is 2.98. The Bertz CT molecular complexity index is 1160. The van der Waals surface area contributed by atoms with Gasteiger partial charge in [-0.15, -0.1) is 0 Å². The van der Waals surface area contributed by atoms with Crippen LogP contribution in [0.5, 0.6) is 0 Å². The number of carbonyl (C=O) groups excluding carboxylic acids is 3. The van der Waals surface area contributed by atoms with Gasteiger partial charge in [-0.05, 0) is 56.6 Å². The fourth-order valence-electron chi connectivity index (χ4n) is 7.68. The summed E-state index contributed by atoms with van der Waals surface area (Å²) in [6, 6.07) is 0. The molecule has 4 aliphatic carbocycles. The molecule has 0 saturated heterocycles. The predicted octanol–water partition coefficient (Wildman–Crippen LogP) is 1.72. The summed E-state index contributed by atoms with van der Waals surface area (Å²) < 4.78 is 52.5. The number of ketones is 2. The molecular formula is C25H33FO9S. The number of hydrogen-bond acceptors (Lipinski definition) is 8. The standard InChI is InChI=1S/C25H33FO9S/c1-14-10-18-17-5-4-15-11-16(27)6-8-22(15,2)24(17,26)19(28)12-23(18,3)25(14,31)20(29)13-35-21(30)7-9-36(32,33)34/h6,8,11,14,17-19,28,31H,4-5,7,9-10,12-13H2,1-3H3,(H,32,33,34)/t14-,17?,18?,19+,22+,23+,24+,25+/m1/s1. The molecule has 0 radical (unpaired) electrons. The van der Waals surface area contributed by atoms with Crippen LogP contribution in [0.1, 0.15) is 52.9 Å². The van der Waals surface area contributed by atoms with Crippen LogP contribution >= 0.6 is 0 Å². The number of hydrogen-bond donors (Lipinski definition) is 3. The third kappa shape index (κ3) is 3.73. The number of Topliss-reactive ketones (excluding diaryl/α,β-unsaturated/α-hetero) is 1. The molecule has 0 heterocycles. The van der Waals surface area contributed by atoms with E-state index < -0.39 is 86.6 Å². The minimum absolute atomic E-state index is 0.210. The van der Waals surface area contributed by atoms with Crippen molar-refractivity contribution in [3.05, 3.63) is 23.8 Å². The number of carbonyl (C=O) groups is 3. The highest BCUT2D eigenvalue weighted by molar-refractivity contribution is 7.85. The Balaban J connectivity index is 1.61. The number of esters is 1. The summed E-state index contributed by atoms with van der Waals surface area (Å²) in [6.45, 7) is 4.20. The van der Waals surface area contributed by atoms with Crippen molar-refractivity contribution in [3.8, 4) is 0 Å². The number of aliphatic hydroxyl groups excluding tert-OH is 1. The van der Waals surface area contributed by atoms with E-state index in [1.54, 1.807) is 20.8 Å². The van der Waals surface area contributed by atoms with E-state index in [4.69, 9.17) is 9.29 Å². The smallest absolute Gasteiger partial charge is 0.307 e. The average molecular weight is 529 g/mol. The van der Waals surface area contributed by atoms with Crippen LogP contribution in [0.3, 0.4) is 0 Å². The molecule has 4 aliphatic rings. The van der Waals surface area contributed by atoms with Crippen molar-refractivity contribution in [2.45, 2.75) is 70.2 Å². The van der Waals surface area contributed by atoms with Gasteiger partial charge in [0.25, 0.3) is 10.1 Å². The fraction of sp³-hybridized carbons (Fsp3) is 0.720. The van der Waals surface area contributed by atoms with E-state index in [1.807, 2.05) is 0 Å². The number of alkyl halides is 1. The van der Waals surface area contributed by atoms with Crippen molar-refractivity contribution in [2.75, 3.05) is 12.4 Å². The van der Waals surface area contributed by atoms with Crippen LogP contribution in [0.15, 0.2) is 23.8 Å². The molecule has 0 aromatic heterocycles. The topological polar surface area (TPSA) is 155 Å². The first kappa shape index (κ1) is 27.1. The summed E-state index contributed by atoms with van der Waals surface area (Å²) >= 11 is 0. The van der Waals surface area contributed by atoms with Crippen LogP contribution in [0, 0.1) is 28.6 Å². The Labute approximate surface area is 209 Å². The number of aliphatic hydroxyl groups is 2. The lowest BCUT2D eigenvalue weighted by atomic mass is 9.44. The molecule has 0 amide bonds. The third-order valence-corrected chi connectivity index (χ3v) is 10.3. The number of ether oxygens (including phenoxy) is 1. The maximum absolute atomic E-state index is 17.1. The Hall–Kier alpha value is -1.95. The van der Waals surface area contributed by atoms with Gasteiger partial charge >= 0.3 is 5.97 Å². The van der Waals surface area contributed by atoms with Crippen LogP contribution < -0.4 is 0 Å². The largest absolute Gasteiger partial charge is 0.458 e. The number of halogens is 1. The zero-order valence-corrected chi connectivity index (χ0v) is 21.4. The molecule has 4 rings (SSSR count). The maximum atomic E-state index is 17.1. The summed E-state index contributed by atoms with van der Waals surface area (Å²) in [5.41, 5.74) is -5.89. The molecule has 200 valence electrons. The first-order valence-corrected chi connectivity index (χ1v) is 13.8.